The van der Waals surface area contributed by atoms with Crippen LogP contribution in [-0.2, 0) is 0 Å². The first-order chi connectivity index (χ1) is 23.6. The molecule has 3 nitrogen and oxygen atoms in total. The summed E-state index contributed by atoms with van der Waals surface area (Å²) in [4.78, 5) is 5.33. The zero-order chi connectivity index (χ0) is 31.8. The van der Waals surface area contributed by atoms with E-state index in [-0.39, 0.29) is 0 Å². The predicted molar refractivity (Wildman–Crippen MR) is 209 cm³/mol. The summed E-state index contributed by atoms with van der Waals surface area (Å²) in [6.07, 6.45) is 0. The van der Waals surface area contributed by atoms with Crippen molar-refractivity contribution in [1.82, 2.24) is 0 Å². The molecule has 1 aliphatic heterocycles. The van der Waals surface area contributed by atoms with Crippen LogP contribution in [0.25, 0.3) is 66.1 Å². The molecule has 7 aromatic carbocycles. The van der Waals surface area contributed by atoms with E-state index in [2.05, 4.69) is 140 Å². The van der Waals surface area contributed by atoms with Gasteiger partial charge >= 0.3 is 258 Å². The molecule has 0 amide bonds. The summed E-state index contributed by atoms with van der Waals surface area (Å²) < 4.78 is 21.5. The number of fused-ring (bicyclic) bond motifs is 8. The van der Waals surface area contributed by atoms with Crippen LogP contribution in [0.15, 0.2) is 172 Å². The molecule has 2 aromatic heterocycles. The molecule has 0 fully saturated rings. The number of aliphatic imine (C=N–C) groups is 1. The topological polar surface area (TPSA) is 38.6 Å². The normalized spacial score (nSPS) is 17.1. The molecule has 1 atom stereocenters. The average molecular weight is 730 g/mol. The van der Waals surface area contributed by atoms with Crippen LogP contribution < -0.4 is 0 Å². The van der Waals surface area contributed by atoms with Gasteiger partial charge in [-0.1, -0.05) is 18.2 Å². The maximum absolute atomic E-state index is 6.40. The second-order valence-corrected chi connectivity index (χ2v) is 19.6. The van der Waals surface area contributed by atoms with Crippen LogP contribution in [0.4, 0.5) is 5.69 Å². The van der Waals surface area contributed by atoms with Gasteiger partial charge in [-0.25, -0.2) is 0 Å². The van der Waals surface area contributed by atoms with E-state index in [0.717, 1.165) is 70.0 Å². The van der Waals surface area contributed by atoms with Crippen molar-refractivity contribution in [1.29, 1.82) is 0 Å². The Hall–Kier alpha value is -5.59. The van der Waals surface area contributed by atoms with Crippen LogP contribution in [0.1, 0.15) is 5.56 Å². The van der Waals surface area contributed by atoms with E-state index in [1.807, 2.05) is 18.2 Å². The Bertz CT molecular complexity index is 2790. The van der Waals surface area contributed by atoms with E-state index in [4.69, 9.17) is 18.3 Å². The van der Waals surface area contributed by atoms with Gasteiger partial charge in [-0.2, -0.15) is 0 Å². The molecule has 0 radical (unpaired) electrons. The van der Waals surface area contributed by atoms with Crippen molar-refractivity contribution in [2.75, 3.05) is 0 Å². The standard InChI is InChI=1S/C44H28INO2/c1-45(38-24-18-32(28-10-4-2-5-11-28)27-39(38)46-44(45)30-12-6-3-7-13-30)33-20-16-29(17-21-33)31-19-25-41-37(26-31)36-23-22-35-34-14-8-9-15-40(34)47-42(35)43(36)48-41/h2-27H,1H2. The molecule has 10 rings (SSSR count). The Labute approximate surface area is 280 Å². The van der Waals surface area contributed by atoms with Gasteiger partial charge in [0.05, 0.1) is 0 Å². The summed E-state index contributed by atoms with van der Waals surface area (Å²) in [7, 11) is 0. The van der Waals surface area contributed by atoms with Gasteiger partial charge < -0.3 is 0 Å². The first-order valence-corrected chi connectivity index (χ1v) is 20.7. The molecule has 1 unspecified atom stereocenters. The second-order valence-electron chi connectivity index (χ2n) is 12.2. The first kappa shape index (κ1) is 27.5. The van der Waals surface area contributed by atoms with Gasteiger partial charge in [0.2, 0.25) is 0 Å². The summed E-state index contributed by atoms with van der Waals surface area (Å²) in [5, 5.41) is 4.31. The molecule has 0 saturated carbocycles. The molecule has 1 aliphatic rings. The molecule has 0 bridgehead atoms. The number of nitrogens with zero attached hydrogens (tertiary/aromatic N) is 1. The van der Waals surface area contributed by atoms with Gasteiger partial charge in [-0.3, -0.25) is 0 Å². The first-order valence-electron chi connectivity index (χ1n) is 16.0. The molecule has 228 valence electrons. The monoisotopic (exact) mass is 729 g/mol. The van der Waals surface area contributed by atoms with Crippen molar-refractivity contribution in [2.45, 2.75) is 0 Å². The van der Waals surface area contributed by atoms with Gasteiger partial charge in [-0.15, -0.1) is 0 Å². The molecule has 9 aromatic rings. The van der Waals surface area contributed by atoms with Crippen molar-refractivity contribution in [3.05, 3.63) is 170 Å². The number of furan rings is 2. The molecule has 0 N–H and O–H groups in total. The predicted octanol–water partition coefficient (Wildman–Crippen LogP) is 12.4. The van der Waals surface area contributed by atoms with Crippen molar-refractivity contribution >= 4 is 75.8 Å². The molecule has 3 heterocycles. The summed E-state index contributed by atoms with van der Waals surface area (Å²) >= 11 is -3.22. The maximum atomic E-state index is 6.40. The summed E-state index contributed by atoms with van der Waals surface area (Å²) in [5.41, 5.74) is 10.2. The number of para-hydroxylation sites is 1. The minimum absolute atomic E-state index is 0.793. The molecule has 48 heavy (non-hydrogen) atoms. The molecule has 0 saturated heterocycles. The number of hydrogen-bond donors (Lipinski definition) is 0. The van der Waals surface area contributed by atoms with Gasteiger partial charge in [-0.05, 0) is 6.07 Å². The zero-order valence-corrected chi connectivity index (χ0v) is 28.0. The van der Waals surface area contributed by atoms with Gasteiger partial charge in [0, 0.05) is 0 Å². The number of hydrogen-bond acceptors (Lipinski definition) is 3. The van der Waals surface area contributed by atoms with Crippen LogP contribution >= 0.6 is 18.0 Å². The van der Waals surface area contributed by atoms with Gasteiger partial charge in [0.1, 0.15) is 0 Å². The third kappa shape index (κ3) is 4.06. The molecule has 0 spiro atoms. The molecule has 4 heteroatoms. The second kappa shape index (κ2) is 10.5. The van der Waals surface area contributed by atoms with E-state index in [0.29, 0.717) is 0 Å². The van der Waals surface area contributed by atoms with E-state index >= 15 is 0 Å². The fraction of sp³-hybridized carbons (Fsp3) is 0. The van der Waals surface area contributed by atoms with Gasteiger partial charge in [0.25, 0.3) is 0 Å². The Morgan fingerprint density at radius 2 is 1.00 bits per heavy atom. The Balaban J connectivity index is 1.07. The number of rotatable bonds is 4. The van der Waals surface area contributed by atoms with Crippen LogP contribution in [-0.4, -0.2) is 8.23 Å². The Morgan fingerprint density at radius 1 is 0.438 bits per heavy atom. The molecule has 0 aliphatic carbocycles. The third-order valence-electron chi connectivity index (χ3n) is 9.47. The van der Waals surface area contributed by atoms with Gasteiger partial charge in [0.15, 0.2) is 0 Å². The van der Waals surface area contributed by atoms with E-state index in [1.165, 1.54) is 18.3 Å². The van der Waals surface area contributed by atoms with Crippen molar-refractivity contribution in [2.24, 2.45) is 4.99 Å². The third-order valence-corrected chi connectivity index (χ3v) is 17.8. The van der Waals surface area contributed by atoms with E-state index < -0.39 is 18.0 Å². The fourth-order valence-electron chi connectivity index (χ4n) is 7.06. The summed E-state index contributed by atoms with van der Waals surface area (Å²) in [5.74, 6) is 0. The molecular weight excluding hydrogens is 701 g/mol. The summed E-state index contributed by atoms with van der Waals surface area (Å²) in [6.45, 7) is 0. The van der Waals surface area contributed by atoms with E-state index in [9.17, 15) is 0 Å². The van der Waals surface area contributed by atoms with Crippen LogP contribution in [0.5, 0.6) is 0 Å². The number of benzene rings is 7. The minimum atomic E-state index is -3.22. The van der Waals surface area contributed by atoms with Crippen LogP contribution in [0.3, 0.4) is 0 Å². The molecular formula is C44H28INO2. The fourth-order valence-corrected chi connectivity index (χ4v) is 14.6. The van der Waals surface area contributed by atoms with Crippen molar-refractivity contribution in [3.63, 3.8) is 0 Å². The Morgan fingerprint density at radius 3 is 1.75 bits per heavy atom. The SMILES string of the molecule is C=I1(c2ccc(-c3ccc4oc5c(ccc6c7ccccc7oc65)c4c3)cc2)C(c2ccccc2)=Nc2cc(-c3ccccc3)ccc21. The van der Waals surface area contributed by atoms with Crippen LogP contribution in [0.2, 0.25) is 0 Å². The average Bonchev–Trinajstić information content (AvgIpc) is 3.82. The number of halogens is 1. The Kier molecular flexibility index (Phi) is 6.00. The summed E-state index contributed by atoms with van der Waals surface area (Å²) in [6, 6.07) is 55.8. The van der Waals surface area contributed by atoms with Crippen LogP contribution in [0, 0.1) is 7.14 Å². The van der Waals surface area contributed by atoms with Crippen molar-refractivity contribution < 1.29 is 8.83 Å². The van der Waals surface area contributed by atoms with Crippen molar-refractivity contribution in [3.8, 4) is 22.3 Å². The van der Waals surface area contributed by atoms with E-state index in [1.54, 1.807) is 0 Å². The zero-order valence-electron chi connectivity index (χ0n) is 25.9. The quantitative estimate of drug-likeness (QED) is 0.169.